The molecule has 0 aliphatic carbocycles. The summed E-state index contributed by atoms with van der Waals surface area (Å²) in [6.45, 7) is 6.75. The first-order valence-corrected chi connectivity index (χ1v) is 6.71. The van der Waals surface area contributed by atoms with Crippen LogP contribution in [0.15, 0.2) is 12.3 Å². The van der Waals surface area contributed by atoms with E-state index in [9.17, 15) is 9.59 Å². The molecule has 0 radical (unpaired) electrons. The van der Waals surface area contributed by atoms with Crippen LogP contribution in [0.25, 0.3) is 0 Å². The highest BCUT2D eigenvalue weighted by Crippen LogP contribution is 2.30. The molecule has 1 unspecified atom stereocenters. The van der Waals surface area contributed by atoms with Gasteiger partial charge in [-0.3, -0.25) is 0 Å². The van der Waals surface area contributed by atoms with E-state index in [2.05, 4.69) is 10.3 Å². The van der Waals surface area contributed by atoms with Crippen LogP contribution >= 0.6 is 0 Å². The summed E-state index contributed by atoms with van der Waals surface area (Å²) < 4.78 is 15.4. The van der Waals surface area contributed by atoms with E-state index < -0.39 is 17.2 Å². The van der Waals surface area contributed by atoms with Gasteiger partial charge in [-0.25, -0.2) is 9.78 Å². The van der Waals surface area contributed by atoms with Crippen LogP contribution in [-0.4, -0.2) is 37.2 Å². The Morgan fingerprint density at radius 1 is 1.23 bits per heavy atom. The lowest BCUT2D eigenvalue weighted by Gasteiger charge is -2.28. The SMILES string of the molecule is COc1cc(C(C)(C=O)NC(=O)OC(C)(C)C)c(OC)cn1. The van der Waals surface area contributed by atoms with Crippen molar-refractivity contribution in [2.24, 2.45) is 0 Å². The zero-order valence-electron chi connectivity index (χ0n) is 13.7. The lowest BCUT2D eigenvalue weighted by atomic mass is 9.93. The summed E-state index contributed by atoms with van der Waals surface area (Å²) in [6, 6.07) is 1.53. The molecular weight excluding hydrogens is 288 g/mol. The van der Waals surface area contributed by atoms with Crippen LogP contribution in [0.1, 0.15) is 33.3 Å². The summed E-state index contributed by atoms with van der Waals surface area (Å²) in [7, 11) is 2.91. The fourth-order valence-corrected chi connectivity index (χ4v) is 1.78. The molecule has 1 atom stereocenters. The molecule has 0 aliphatic heterocycles. The number of aldehydes is 1. The van der Waals surface area contributed by atoms with Crippen molar-refractivity contribution in [3.05, 3.63) is 17.8 Å². The Morgan fingerprint density at radius 3 is 2.32 bits per heavy atom. The smallest absolute Gasteiger partial charge is 0.408 e. The second-order valence-corrected chi connectivity index (χ2v) is 5.87. The lowest BCUT2D eigenvalue weighted by molar-refractivity contribution is -0.113. The van der Waals surface area contributed by atoms with Crippen LogP contribution in [0.4, 0.5) is 4.79 Å². The number of hydrogen-bond acceptors (Lipinski definition) is 6. The molecule has 7 nitrogen and oxygen atoms in total. The predicted octanol–water partition coefficient (Wildman–Crippen LogP) is 2.04. The maximum absolute atomic E-state index is 12.0. The van der Waals surface area contributed by atoms with Crippen LogP contribution < -0.4 is 14.8 Å². The summed E-state index contributed by atoms with van der Waals surface area (Å²) in [5, 5.41) is 2.55. The van der Waals surface area contributed by atoms with Gasteiger partial charge < -0.3 is 24.3 Å². The van der Waals surface area contributed by atoms with Gasteiger partial charge >= 0.3 is 6.09 Å². The van der Waals surface area contributed by atoms with Crippen LogP contribution in [0.3, 0.4) is 0 Å². The van der Waals surface area contributed by atoms with Gasteiger partial charge in [-0.1, -0.05) is 0 Å². The molecule has 0 saturated carbocycles. The van der Waals surface area contributed by atoms with Crippen molar-refractivity contribution >= 4 is 12.4 Å². The Labute approximate surface area is 130 Å². The topological polar surface area (TPSA) is 86.8 Å². The molecular formula is C15H22N2O5. The number of carbonyl (C=O) groups excluding carboxylic acids is 2. The number of alkyl carbamates (subject to hydrolysis) is 1. The van der Waals surface area contributed by atoms with E-state index in [0.717, 1.165) is 0 Å². The molecule has 0 bridgehead atoms. The summed E-state index contributed by atoms with van der Waals surface area (Å²) in [6.07, 6.45) is 1.32. The minimum atomic E-state index is -1.34. The van der Waals surface area contributed by atoms with Gasteiger partial charge in [0.25, 0.3) is 0 Å². The van der Waals surface area contributed by atoms with Crippen molar-refractivity contribution in [2.45, 2.75) is 38.8 Å². The maximum atomic E-state index is 12.0. The van der Waals surface area contributed by atoms with Crippen molar-refractivity contribution in [1.82, 2.24) is 10.3 Å². The van der Waals surface area contributed by atoms with Gasteiger partial charge in [-0.15, -0.1) is 0 Å². The van der Waals surface area contributed by atoms with Crippen LogP contribution in [0.2, 0.25) is 0 Å². The highest BCUT2D eigenvalue weighted by Gasteiger charge is 2.34. The first-order valence-electron chi connectivity index (χ1n) is 6.71. The van der Waals surface area contributed by atoms with Gasteiger partial charge in [0.05, 0.1) is 20.4 Å². The zero-order chi connectivity index (χ0) is 17.0. The Hall–Kier alpha value is -2.31. The molecule has 0 saturated heterocycles. The molecule has 1 rings (SSSR count). The number of amides is 1. The molecule has 1 heterocycles. The second kappa shape index (κ2) is 6.64. The van der Waals surface area contributed by atoms with E-state index in [1.54, 1.807) is 27.7 Å². The molecule has 0 spiro atoms. The normalized spacial score (nSPS) is 13.7. The highest BCUT2D eigenvalue weighted by molar-refractivity contribution is 5.79. The molecule has 0 aromatic carbocycles. The van der Waals surface area contributed by atoms with Crippen molar-refractivity contribution in [1.29, 1.82) is 0 Å². The minimum absolute atomic E-state index is 0.301. The Bertz CT molecular complexity index is 553. The number of ether oxygens (including phenoxy) is 3. The number of methoxy groups -OCH3 is 2. The number of nitrogens with zero attached hydrogens (tertiary/aromatic N) is 1. The number of rotatable bonds is 5. The number of pyridine rings is 1. The number of aromatic nitrogens is 1. The van der Waals surface area contributed by atoms with Crippen LogP contribution in [0.5, 0.6) is 11.6 Å². The zero-order valence-corrected chi connectivity index (χ0v) is 13.7. The van der Waals surface area contributed by atoms with Gasteiger partial charge in [0.15, 0.2) is 0 Å². The van der Waals surface area contributed by atoms with E-state index >= 15 is 0 Å². The largest absolute Gasteiger partial charge is 0.495 e. The van der Waals surface area contributed by atoms with E-state index in [4.69, 9.17) is 14.2 Å². The fraction of sp³-hybridized carbons (Fsp3) is 0.533. The molecule has 1 N–H and O–H groups in total. The van der Waals surface area contributed by atoms with E-state index in [-0.39, 0.29) is 0 Å². The third-order valence-electron chi connectivity index (χ3n) is 2.83. The lowest BCUT2D eigenvalue weighted by Crippen LogP contribution is -2.47. The molecule has 1 aromatic heterocycles. The Balaban J connectivity index is 3.17. The van der Waals surface area contributed by atoms with Crippen molar-refractivity contribution in [3.63, 3.8) is 0 Å². The average molecular weight is 310 g/mol. The monoisotopic (exact) mass is 310 g/mol. The highest BCUT2D eigenvalue weighted by atomic mass is 16.6. The summed E-state index contributed by atoms with van der Waals surface area (Å²) in [4.78, 5) is 27.6. The molecule has 0 aliphatic rings. The number of carbonyl (C=O) groups is 2. The number of nitrogens with one attached hydrogen (secondary N) is 1. The molecule has 1 amide bonds. The van der Waals surface area contributed by atoms with Gasteiger partial charge in [0.1, 0.15) is 23.2 Å². The maximum Gasteiger partial charge on any atom is 0.408 e. The fourth-order valence-electron chi connectivity index (χ4n) is 1.78. The summed E-state index contributed by atoms with van der Waals surface area (Å²) >= 11 is 0. The number of hydrogen-bond donors (Lipinski definition) is 1. The van der Waals surface area contributed by atoms with Crippen molar-refractivity contribution in [3.8, 4) is 11.6 Å². The van der Waals surface area contributed by atoms with Crippen LogP contribution in [0, 0.1) is 0 Å². The third-order valence-corrected chi connectivity index (χ3v) is 2.83. The average Bonchev–Trinajstić information content (AvgIpc) is 2.44. The predicted molar refractivity (Wildman–Crippen MR) is 80.1 cm³/mol. The van der Waals surface area contributed by atoms with Crippen LogP contribution in [-0.2, 0) is 15.1 Å². The summed E-state index contributed by atoms with van der Waals surface area (Å²) in [5.74, 6) is 0.654. The first kappa shape index (κ1) is 17.7. The standard InChI is InChI=1S/C15H22N2O5/c1-14(2,3)22-13(19)17-15(4,9-18)10-7-12(21-6)16-8-11(10)20-5/h7-9H,1-6H3,(H,17,19). The molecule has 122 valence electrons. The second-order valence-electron chi connectivity index (χ2n) is 5.87. The first-order chi connectivity index (χ1) is 10.1. The van der Waals surface area contributed by atoms with Gasteiger partial charge in [0, 0.05) is 11.6 Å². The Kier molecular flexibility index (Phi) is 5.35. The molecule has 0 fully saturated rings. The van der Waals surface area contributed by atoms with E-state index in [1.165, 1.54) is 26.5 Å². The molecule has 22 heavy (non-hydrogen) atoms. The summed E-state index contributed by atoms with van der Waals surface area (Å²) in [5.41, 5.74) is -1.60. The van der Waals surface area contributed by atoms with Crippen molar-refractivity contribution in [2.75, 3.05) is 14.2 Å². The van der Waals surface area contributed by atoms with E-state index in [0.29, 0.717) is 23.5 Å². The third kappa shape index (κ3) is 4.34. The molecule has 7 heteroatoms. The molecule has 1 aromatic rings. The minimum Gasteiger partial charge on any atom is -0.495 e. The van der Waals surface area contributed by atoms with Crippen molar-refractivity contribution < 1.29 is 23.8 Å². The quantitative estimate of drug-likeness (QED) is 0.837. The van der Waals surface area contributed by atoms with E-state index in [1.807, 2.05) is 0 Å². The van der Waals surface area contributed by atoms with Gasteiger partial charge in [-0.05, 0) is 27.7 Å². The van der Waals surface area contributed by atoms with Gasteiger partial charge in [-0.2, -0.15) is 0 Å². The Morgan fingerprint density at radius 2 is 1.86 bits per heavy atom. The van der Waals surface area contributed by atoms with Gasteiger partial charge in [0.2, 0.25) is 5.88 Å².